The second-order valence-electron chi connectivity index (χ2n) is 4.20. The van der Waals surface area contributed by atoms with Crippen molar-refractivity contribution >= 4 is 22.4 Å². The lowest BCUT2D eigenvalue weighted by Crippen LogP contribution is -2.41. The molecular formula is C11H11ClF5N3O2S. The molecule has 0 bridgehead atoms. The van der Waals surface area contributed by atoms with Gasteiger partial charge in [0, 0.05) is 0 Å². The van der Waals surface area contributed by atoms with E-state index in [-0.39, 0.29) is 18.5 Å². The van der Waals surface area contributed by atoms with Crippen LogP contribution in [0, 0.1) is 11.3 Å². The Morgan fingerprint density at radius 3 is 2.22 bits per heavy atom. The van der Waals surface area contributed by atoms with E-state index in [0.717, 1.165) is 6.07 Å². The number of nitrogens with zero attached hydrogens (tertiary/aromatic N) is 1. The molecule has 0 spiro atoms. The number of halogens is 6. The maximum Gasteiger partial charge on any atom is 0.417 e. The second-order valence-corrected chi connectivity index (χ2v) is 5.97. The zero-order valence-corrected chi connectivity index (χ0v) is 12.8. The molecular weight excluding hydrogens is 369 g/mol. The highest BCUT2D eigenvalue weighted by Gasteiger charge is 2.35. The van der Waals surface area contributed by atoms with Crippen LogP contribution in [0.3, 0.4) is 0 Å². The lowest BCUT2D eigenvalue weighted by atomic mass is 10.1. The van der Waals surface area contributed by atoms with Gasteiger partial charge in [-0.15, -0.1) is 12.4 Å². The van der Waals surface area contributed by atoms with Crippen molar-refractivity contribution in [3.05, 3.63) is 29.3 Å². The Hall–Kier alpha value is -1.48. The highest BCUT2D eigenvalue weighted by Crippen LogP contribution is 2.33. The maximum absolute atomic E-state index is 12.9. The summed E-state index contributed by atoms with van der Waals surface area (Å²) in [6.07, 6.45) is -4.96. The quantitative estimate of drug-likeness (QED) is 0.763. The SMILES string of the molecule is Cl.N#Cc1ccc(S(=O)(=O)NCC(F)(F)CN)cc1C(F)(F)F. The molecule has 1 aromatic rings. The minimum Gasteiger partial charge on any atom is -0.325 e. The van der Waals surface area contributed by atoms with Crippen LogP contribution in [0.4, 0.5) is 22.0 Å². The minimum absolute atomic E-state index is 0. The first-order valence-corrected chi connectivity index (χ1v) is 7.10. The van der Waals surface area contributed by atoms with E-state index >= 15 is 0 Å². The van der Waals surface area contributed by atoms with Crippen molar-refractivity contribution in [3.63, 3.8) is 0 Å². The van der Waals surface area contributed by atoms with E-state index in [1.54, 1.807) is 0 Å². The number of nitrogens with two attached hydrogens (primary N) is 1. The first-order valence-electron chi connectivity index (χ1n) is 5.62. The third kappa shape index (κ3) is 5.58. The van der Waals surface area contributed by atoms with Gasteiger partial charge >= 0.3 is 6.18 Å². The molecule has 1 aromatic carbocycles. The fourth-order valence-corrected chi connectivity index (χ4v) is 2.47. The summed E-state index contributed by atoms with van der Waals surface area (Å²) >= 11 is 0. The molecule has 130 valence electrons. The first kappa shape index (κ1) is 21.5. The summed E-state index contributed by atoms with van der Waals surface area (Å²) < 4.78 is 89.0. The van der Waals surface area contributed by atoms with Crippen molar-refractivity contribution in [1.82, 2.24) is 4.72 Å². The van der Waals surface area contributed by atoms with Crippen molar-refractivity contribution in [2.75, 3.05) is 13.1 Å². The predicted molar refractivity (Wildman–Crippen MR) is 72.6 cm³/mol. The Labute approximate surface area is 134 Å². The van der Waals surface area contributed by atoms with Crippen LogP contribution in [0.25, 0.3) is 0 Å². The highest BCUT2D eigenvalue weighted by molar-refractivity contribution is 7.89. The molecule has 0 aliphatic rings. The molecule has 23 heavy (non-hydrogen) atoms. The van der Waals surface area contributed by atoms with Crippen molar-refractivity contribution in [3.8, 4) is 6.07 Å². The summed E-state index contributed by atoms with van der Waals surface area (Å²) in [5.41, 5.74) is 2.48. The Kier molecular flexibility index (Phi) is 6.92. The van der Waals surface area contributed by atoms with Gasteiger partial charge in [0.15, 0.2) is 0 Å². The molecule has 0 heterocycles. The predicted octanol–water partition coefficient (Wildman–Crippen LogP) is 1.87. The third-order valence-electron chi connectivity index (χ3n) is 2.55. The summed E-state index contributed by atoms with van der Waals surface area (Å²) in [5, 5.41) is 8.59. The molecule has 3 N–H and O–H groups in total. The van der Waals surface area contributed by atoms with Crippen LogP contribution in [0.1, 0.15) is 11.1 Å². The Balaban J connectivity index is 0.00000484. The van der Waals surface area contributed by atoms with Crippen LogP contribution in [0.5, 0.6) is 0 Å². The zero-order valence-electron chi connectivity index (χ0n) is 11.2. The van der Waals surface area contributed by atoms with Crippen LogP contribution in [-0.2, 0) is 16.2 Å². The third-order valence-corrected chi connectivity index (χ3v) is 3.95. The normalized spacial score (nSPS) is 12.4. The van der Waals surface area contributed by atoms with E-state index in [2.05, 4.69) is 0 Å². The fraction of sp³-hybridized carbons (Fsp3) is 0.364. The number of benzene rings is 1. The minimum atomic E-state index is -4.96. The van der Waals surface area contributed by atoms with Gasteiger partial charge in [-0.25, -0.2) is 21.9 Å². The summed E-state index contributed by atoms with van der Waals surface area (Å²) in [4.78, 5) is -0.883. The molecule has 0 aliphatic heterocycles. The van der Waals surface area contributed by atoms with E-state index in [1.807, 2.05) is 0 Å². The topological polar surface area (TPSA) is 96.0 Å². The Morgan fingerprint density at radius 2 is 1.78 bits per heavy atom. The van der Waals surface area contributed by atoms with E-state index in [0.29, 0.717) is 6.07 Å². The van der Waals surface area contributed by atoms with Crippen molar-refractivity contribution < 1.29 is 30.4 Å². The largest absolute Gasteiger partial charge is 0.417 e. The van der Waals surface area contributed by atoms with Crippen LogP contribution in [-0.4, -0.2) is 27.4 Å². The van der Waals surface area contributed by atoms with E-state index < -0.39 is 51.2 Å². The van der Waals surface area contributed by atoms with Crippen LogP contribution < -0.4 is 10.5 Å². The van der Waals surface area contributed by atoms with Gasteiger partial charge in [0.1, 0.15) is 0 Å². The van der Waals surface area contributed by atoms with Crippen LogP contribution >= 0.6 is 12.4 Å². The fourth-order valence-electron chi connectivity index (χ4n) is 1.38. The van der Waals surface area contributed by atoms with Crippen molar-refractivity contribution in [2.45, 2.75) is 17.0 Å². The molecule has 0 saturated heterocycles. The summed E-state index contributed by atoms with van der Waals surface area (Å²) in [6.45, 7) is -2.48. The van der Waals surface area contributed by atoms with Crippen LogP contribution in [0.15, 0.2) is 23.1 Å². The molecule has 0 aromatic heterocycles. The first-order chi connectivity index (χ1) is 9.93. The van der Waals surface area contributed by atoms with Gasteiger partial charge in [0.2, 0.25) is 10.0 Å². The smallest absolute Gasteiger partial charge is 0.325 e. The number of hydrogen-bond acceptors (Lipinski definition) is 4. The molecule has 5 nitrogen and oxygen atoms in total. The van der Waals surface area contributed by atoms with Gasteiger partial charge in [-0.1, -0.05) is 0 Å². The summed E-state index contributed by atoms with van der Waals surface area (Å²) in [5.74, 6) is -3.54. The number of nitrogens with one attached hydrogen (secondary N) is 1. The molecule has 0 radical (unpaired) electrons. The zero-order chi connectivity index (χ0) is 17.2. The molecule has 0 unspecified atom stereocenters. The Morgan fingerprint density at radius 1 is 1.22 bits per heavy atom. The average molecular weight is 380 g/mol. The van der Waals surface area contributed by atoms with E-state index in [9.17, 15) is 30.4 Å². The molecule has 0 amide bonds. The van der Waals surface area contributed by atoms with Crippen LogP contribution in [0.2, 0.25) is 0 Å². The van der Waals surface area contributed by atoms with Gasteiger partial charge < -0.3 is 5.73 Å². The lowest BCUT2D eigenvalue weighted by molar-refractivity contribution is -0.137. The number of nitriles is 1. The lowest BCUT2D eigenvalue weighted by Gasteiger charge is -2.15. The average Bonchev–Trinajstić information content (AvgIpc) is 2.44. The van der Waals surface area contributed by atoms with Gasteiger partial charge in [-0.05, 0) is 18.2 Å². The van der Waals surface area contributed by atoms with E-state index in [4.69, 9.17) is 11.0 Å². The molecule has 0 atom stereocenters. The van der Waals surface area contributed by atoms with Gasteiger partial charge in [0.25, 0.3) is 5.92 Å². The van der Waals surface area contributed by atoms with Gasteiger partial charge in [0.05, 0.1) is 35.2 Å². The summed E-state index contributed by atoms with van der Waals surface area (Å²) in [7, 11) is -4.61. The molecule has 0 saturated carbocycles. The second kappa shape index (κ2) is 7.39. The molecule has 12 heteroatoms. The molecule has 0 fully saturated rings. The number of hydrogen-bond donors (Lipinski definition) is 2. The summed E-state index contributed by atoms with van der Waals surface area (Å²) in [6, 6.07) is 2.85. The van der Waals surface area contributed by atoms with Crippen molar-refractivity contribution in [2.24, 2.45) is 5.73 Å². The molecule has 1 rings (SSSR count). The monoisotopic (exact) mass is 379 g/mol. The molecule has 0 aliphatic carbocycles. The van der Waals surface area contributed by atoms with Crippen molar-refractivity contribution in [1.29, 1.82) is 5.26 Å². The number of sulfonamides is 1. The standard InChI is InChI=1S/C11H10F5N3O2S.ClH/c12-10(13,5-18)6-19-22(20,21)8-2-1-7(4-17)9(3-8)11(14,15)16;/h1-3,19H,5-6,18H2;1H. The highest BCUT2D eigenvalue weighted by atomic mass is 35.5. The number of rotatable bonds is 5. The van der Waals surface area contributed by atoms with E-state index in [1.165, 1.54) is 10.8 Å². The Bertz CT molecular complexity index is 701. The van der Waals surface area contributed by atoms with Gasteiger partial charge in [-0.3, -0.25) is 0 Å². The van der Waals surface area contributed by atoms with Gasteiger partial charge in [-0.2, -0.15) is 18.4 Å². The number of alkyl halides is 5. The maximum atomic E-state index is 12.9.